The van der Waals surface area contributed by atoms with Gasteiger partial charge in [0.15, 0.2) is 6.61 Å². The lowest BCUT2D eigenvalue weighted by Crippen LogP contribution is -2.53. The molecule has 2 N–H and O–H groups in total. The fraction of sp³-hybridized carbons (Fsp3) is 0.226. The molecule has 0 unspecified atom stereocenters. The van der Waals surface area contributed by atoms with Gasteiger partial charge in [0.1, 0.15) is 24.1 Å². The zero-order chi connectivity index (χ0) is 35.0. The van der Waals surface area contributed by atoms with Crippen LogP contribution < -0.4 is 10.7 Å². The monoisotopic (exact) mass is 691 g/mol. The highest BCUT2D eigenvalue weighted by atomic mass is 35.5. The van der Waals surface area contributed by atoms with Gasteiger partial charge in [0.05, 0.1) is 21.6 Å². The van der Waals surface area contributed by atoms with Gasteiger partial charge in [-0.15, -0.1) is 0 Å². The van der Waals surface area contributed by atoms with E-state index in [9.17, 15) is 33.3 Å². The summed E-state index contributed by atoms with van der Waals surface area (Å²) in [6.07, 6.45) is -0.983. The van der Waals surface area contributed by atoms with E-state index in [0.29, 0.717) is 10.8 Å². The van der Waals surface area contributed by atoms with Crippen LogP contribution in [0.2, 0.25) is 5.02 Å². The van der Waals surface area contributed by atoms with E-state index in [2.05, 4.69) is 15.7 Å². The number of pyridine rings is 1. The number of esters is 1. The van der Waals surface area contributed by atoms with Gasteiger partial charge in [-0.2, -0.15) is 0 Å². The first-order valence-electron chi connectivity index (χ1n) is 14.0. The number of hydrogen-bond donors (Lipinski definition) is 2. The quantitative estimate of drug-likeness (QED) is 0.0699. The van der Waals surface area contributed by atoms with Crippen molar-refractivity contribution in [3.05, 3.63) is 111 Å². The second-order valence-electron chi connectivity index (χ2n) is 10.3. The molecule has 3 aromatic carbocycles. The highest BCUT2D eigenvalue weighted by molar-refractivity contribution is 6.31. The fourth-order valence-corrected chi connectivity index (χ4v) is 4.64. The van der Waals surface area contributed by atoms with Gasteiger partial charge in [-0.1, -0.05) is 23.7 Å². The molecular weight excluding hydrogens is 666 g/mol. The molecule has 0 aliphatic heterocycles. The number of anilines is 1. The minimum absolute atomic E-state index is 0.0413. The number of halogens is 5. The van der Waals surface area contributed by atoms with E-state index in [1.165, 1.54) is 42.6 Å². The molecule has 4 rings (SSSR count). The van der Waals surface area contributed by atoms with Crippen LogP contribution in [0.15, 0.2) is 72.9 Å². The van der Waals surface area contributed by atoms with E-state index < -0.39 is 66.1 Å². The van der Waals surface area contributed by atoms with Gasteiger partial charge in [0.2, 0.25) is 5.91 Å². The van der Waals surface area contributed by atoms with E-state index in [0.717, 1.165) is 42.3 Å². The number of alkyl halides is 2. The van der Waals surface area contributed by atoms with Gasteiger partial charge in [-0.3, -0.25) is 25.2 Å². The number of nitrogens with zero attached hydrogens (tertiary/aromatic N) is 3. The summed E-state index contributed by atoms with van der Waals surface area (Å²) in [7, 11) is 0. The van der Waals surface area contributed by atoms with Crippen LogP contribution in [0.4, 0.5) is 33.9 Å². The van der Waals surface area contributed by atoms with E-state index >= 15 is 8.78 Å². The van der Waals surface area contributed by atoms with Crippen LogP contribution in [0.3, 0.4) is 0 Å². The van der Waals surface area contributed by atoms with Crippen LogP contribution in [0.1, 0.15) is 29.3 Å². The average Bonchev–Trinajstić information content (AvgIpc) is 3.04. The number of nitro benzene ring substituents is 1. The van der Waals surface area contributed by atoms with E-state index in [1.807, 2.05) is 0 Å². The summed E-state index contributed by atoms with van der Waals surface area (Å²) < 4.78 is 68.1. The predicted octanol–water partition coefficient (Wildman–Crippen LogP) is 6.43. The number of nitro groups is 1. The molecule has 17 heteroatoms. The summed E-state index contributed by atoms with van der Waals surface area (Å²) >= 11 is 5.99. The molecule has 0 aliphatic rings. The number of amides is 2. The van der Waals surface area contributed by atoms with E-state index in [1.54, 1.807) is 0 Å². The molecule has 252 valence electrons. The fourth-order valence-electron chi connectivity index (χ4n) is 4.45. The number of aromatic nitrogens is 1. The van der Waals surface area contributed by atoms with Crippen LogP contribution >= 0.6 is 11.6 Å². The Bertz CT molecular complexity index is 1830. The minimum Gasteiger partial charge on any atom is -0.456 e. The molecule has 1 aromatic heterocycles. The lowest BCUT2D eigenvalue weighted by Gasteiger charge is -2.33. The standard InChI is InChI=1S/C31H26ClF4N5O7/c1-18(42)40(38-15-21-3-2-4-26(34)28(21)32)25(13-31(35,36)17-48-29(43)19-6-9-24(10-7-19)41(45)46)16-47-30(44)39-27-12-22-11-23(33)8-5-20(22)14-37-27/h2-12,14,25,38H,13,15-17H2,1H3,(H,37,39,44)/t25-/m0/s1. The van der Waals surface area contributed by atoms with Crippen molar-refractivity contribution in [2.75, 3.05) is 18.5 Å². The van der Waals surface area contributed by atoms with Gasteiger partial charge >= 0.3 is 12.1 Å². The topological polar surface area (TPSA) is 153 Å². The third-order valence-corrected chi connectivity index (χ3v) is 7.18. The highest BCUT2D eigenvalue weighted by Crippen LogP contribution is 2.26. The Labute approximate surface area is 274 Å². The maximum atomic E-state index is 15.3. The zero-order valence-corrected chi connectivity index (χ0v) is 25.7. The molecule has 0 radical (unpaired) electrons. The zero-order valence-electron chi connectivity index (χ0n) is 24.9. The molecule has 1 heterocycles. The number of rotatable bonds is 13. The van der Waals surface area contributed by atoms with Crippen LogP contribution in [0.25, 0.3) is 10.8 Å². The Balaban J connectivity index is 1.48. The molecule has 4 aromatic rings. The van der Waals surface area contributed by atoms with Crippen molar-refractivity contribution in [3.8, 4) is 0 Å². The second kappa shape index (κ2) is 15.5. The number of fused-ring (bicyclic) bond motifs is 1. The number of hydrazine groups is 1. The van der Waals surface area contributed by atoms with Crippen LogP contribution in [0, 0.1) is 21.7 Å². The molecule has 0 aliphatic carbocycles. The van der Waals surface area contributed by atoms with Crippen molar-refractivity contribution in [1.29, 1.82) is 0 Å². The van der Waals surface area contributed by atoms with Gasteiger partial charge in [0.25, 0.3) is 11.6 Å². The molecule has 0 spiro atoms. The number of ether oxygens (including phenoxy) is 2. The van der Waals surface area contributed by atoms with Crippen molar-refractivity contribution < 1.29 is 46.3 Å². The minimum atomic E-state index is -3.81. The third-order valence-electron chi connectivity index (χ3n) is 6.76. The number of carbonyl (C=O) groups excluding carboxylic acids is 3. The van der Waals surface area contributed by atoms with E-state index in [-0.39, 0.29) is 34.2 Å². The molecule has 1 atom stereocenters. The summed E-state index contributed by atoms with van der Waals surface area (Å²) in [5, 5.41) is 14.6. The van der Waals surface area contributed by atoms with Crippen molar-refractivity contribution >= 4 is 51.8 Å². The Hall–Kier alpha value is -5.35. The van der Waals surface area contributed by atoms with Gasteiger partial charge < -0.3 is 9.47 Å². The van der Waals surface area contributed by atoms with Crippen LogP contribution in [-0.2, 0) is 20.8 Å². The maximum Gasteiger partial charge on any atom is 0.412 e. The molecule has 0 fully saturated rings. The van der Waals surface area contributed by atoms with Crippen LogP contribution in [-0.4, -0.2) is 58.1 Å². The van der Waals surface area contributed by atoms with Crippen molar-refractivity contribution in [2.45, 2.75) is 31.9 Å². The normalized spacial score (nSPS) is 11.9. The van der Waals surface area contributed by atoms with Gasteiger partial charge in [0, 0.05) is 43.6 Å². The van der Waals surface area contributed by atoms with Crippen molar-refractivity contribution in [3.63, 3.8) is 0 Å². The Kier molecular flexibility index (Phi) is 11.5. The lowest BCUT2D eigenvalue weighted by molar-refractivity contribution is -0.384. The number of hydrogen-bond acceptors (Lipinski definition) is 9. The molecule has 0 bridgehead atoms. The maximum absolute atomic E-state index is 15.3. The largest absolute Gasteiger partial charge is 0.456 e. The number of benzene rings is 3. The molecule has 0 saturated heterocycles. The van der Waals surface area contributed by atoms with Crippen molar-refractivity contribution in [1.82, 2.24) is 15.4 Å². The summed E-state index contributed by atoms with van der Waals surface area (Å²) in [6.45, 7) is -1.54. The predicted molar refractivity (Wildman–Crippen MR) is 164 cm³/mol. The molecule has 12 nitrogen and oxygen atoms in total. The Morgan fingerprint density at radius 1 is 1.04 bits per heavy atom. The van der Waals surface area contributed by atoms with Gasteiger partial charge in [-0.05, 0) is 53.4 Å². The lowest BCUT2D eigenvalue weighted by atomic mass is 10.1. The summed E-state index contributed by atoms with van der Waals surface area (Å²) in [5.74, 6) is -7.12. The molecule has 2 amide bonds. The van der Waals surface area contributed by atoms with Gasteiger partial charge in [-0.25, -0.2) is 37.6 Å². The third kappa shape index (κ3) is 9.59. The highest BCUT2D eigenvalue weighted by Gasteiger charge is 2.38. The number of nitrogens with one attached hydrogen (secondary N) is 2. The number of carbonyl (C=O) groups is 3. The summed E-state index contributed by atoms with van der Waals surface area (Å²) in [6, 6.07) is 11.6. The summed E-state index contributed by atoms with van der Waals surface area (Å²) in [5.41, 5.74) is 2.24. The summed E-state index contributed by atoms with van der Waals surface area (Å²) in [4.78, 5) is 51.8. The second-order valence-corrected chi connectivity index (χ2v) is 10.7. The SMILES string of the molecule is CC(=O)N(NCc1cccc(F)c1Cl)[C@H](COC(=O)Nc1cc2cc(F)ccc2cn1)CC(F)(F)COC(=O)c1ccc([N+](=O)[O-])cc1. The van der Waals surface area contributed by atoms with Crippen LogP contribution in [0.5, 0.6) is 0 Å². The first-order chi connectivity index (χ1) is 22.7. The average molecular weight is 692 g/mol. The first-order valence-corrected chi connectivity index (χ1v) is 14.3. The Morgan fingerprint density at radius 3 is 2.46 bits per heavy atom. The molecule has 48 heavy (non-hydrogen) atoms. The molecule has 0 saturated carbocycles. The smallest absolute Gasteiger partial charge is 0.412 e. The van der Waals surface area contributed by atoms with Crippen molar-refractivity contribution in [2.24, 2.45) is 0 Å². The van der Waals surface area contributed by atoms with E-state index in [4.69, 9.17) is 21.1 Å². The number of non-ortho nitro benzene ring substituents is 1. The Morgan fingerprint density at radius 2 is 1.77 bits per heavy atom. The first kappa shape index (κ1) is 35.5. The molecular formula is C31H26ClF4N5O7.